The van der Waals surface area contributed by atoms with E-state index in [0.717, 1.165) is 45.7 Å². The highest BCUT2D eigenvalue weighted by molar-refractivity contribution is 4.97. The predicted octanol–water partition coefficient (Wildman–Crippen LogP) is 1.83. The minimum atomic E-state index is 0.599. The summed E-state index contributed by atoms with van der Waals surface area (Å²) in [5, 5.41) is 0. The molecule has 22 heavy (non-hydrogen) atoms. The van der Waals surface area contributed by atoms with Crippen LogP contribution in [0.1, 0.15) is 32.5 Å². The van der Waals surface area contributed by atoms with Gasteiger partial charge in [-0.25, -0.2) is 4.98 Å². The summed E-state index contributed by atoms with van der Waals surface area (Å²) < 4.78 is 7.90. The Balaban J connectivity index is 1.73. The van der Waals surface area contributed by atoms with Gasteiger partial charge in [-0.2, -0.15) is 0 Å². The Morgan fingerprint density at radius 1 is 1.32 bits per heavy atom. The van der Waals surface area contributed by atoms with Crippen molar-refractivity contribution in [2.24, 2.45) is 5.92 Å². The molecule has 1 fully saturated rings. The molecule has 1 aromatic rings. The second-order valence-corrected chi connectivity index (χ2v) is 7.17. The maximum absolute atomic E-state index is 5.54. The van der Waals surface area contributed by atoms with E-state index in [1.165, 1.54) is 12.4 Å². The molecule has 1 saturated heterocycles. The monoisotopic (exact) mass is 306 g/mol. The number of imidazole rings is 1. The smallest absolute Gasteiger partial charge is 0.122 e. The average Bonchev–Trinajstić information content (AvgIpc) is 2.87. The molecule has 0 spiro atoms. The molecule has 0 aliphatic carbocycles. The fraction of sp³-hybridized carbons (Fsp3) is 0.824. The fourth-order valence-corrected chi connectivity index (χ4v) is 3.63. The van der Waals surface area contributed by atoms with E-state index < -0.39 is 0 Å². The maximum Gasteiger partial charge on any atom is 0.122 e. The van der Waals surface area contributed by atoms with Gasteiger partial charge in [-0.15, -0.1) is 0 Å². The van der Waals surface area contributed by atoms with E-state index in [1.54, 1.807) is 0 Å². The minimum absolute atomic E-state index is 0.599. The Morgan fingerprint density at radius 2 is 2.09 bits per heavy atom. The largest absolute Gasteiger partial charge is 0.381 e. The van der Waals surface area contributed by atoms with Crippen LogP contribution in [0.5, 0.6) is 0 Å². The van der Waals surface area contributed by atoms with Crippen LogP contribution in [0, 0.1) is 5.92 Å². The number of ether oxygens (including phenoxy) is 1. The molecule has 2 aliphatic rings. The molecule has 3 rings (SSSR count). The van der Waals surface area contributed by atoms with Crippen LogP contribution >= 0.6 is 0 Å². The number of rotatable bonds is 4. The van der Waals surface area contributed by atoms with Crippen LogP contribution in [0.4, 0.5) is 0 Å². The maximum atomic E-state index is 5.54. The van der Waals surface area contributed by atoms with Crippen LogP contribution < -0.4 is 0 Å². The zero-order valence-corrected chi connectivity index (χ0v) is 14.2. The first-order valence-corrected chi connectivity index (χ1v) is 8.65. The first-order chi connectivity index (χ1) is 10.6. The van der Waals surface area contributed by atoms with Gasteiger partial charge >= 0.3 is 0 Å². The molecule has 0 radical (unpaired) electrons. The lowest BCUT2D eigenvalue weighted by Crippen LogP contribution is -2.43. The summed E-state index contributed by atoms with van der Waals surface area (Å²) in [7, 11) is 2.24. The Labute approximate surface area is 134 Å². The molecule has 2 aliphatic heterocycles. The third-order valence-corrected chi connectivity index (χ3v) is 5.23. The lowest BCUT2D eigenvalue weighted by atomic mass is 10.0. The molecule has 5 heteroatoms. The summed E-state index contributed by atoms with van der Waals surface area (Å²) in [6, 6.07) is 1.26. The molecular weight excluding hydrogens is 276 g/mol. The average molecular weight is 306 g/mol. The van der Waals surface area contributed by atoms with Crippen molar-refractivity contribution in [2.75, 3.05) is 33.4 Å². The van der Waals surface area contributed by atoms with Crippen LogP contribution in [0.2, 0.25) is 0 Å². The van der Waals surface area contributed by atoms with E-state index in [9.17, 15) is 0 Å². The highest BCUT2D eigenvalue weighted by Gasteiger charge is 2.29. The van der Waals surface area contributed by atoms with Crippen LogP contribution in [-0.4, -0.2) is 64.8 Å². The molecular formula is C17H30N4O. The summed E-state index contributed by atoms with van der Waals surface area (Å²) in [6.07, 6.45) is 6.41. The molecule has 124 valence electrons. The van der Waals surface area contributed by atoms with Crippen molar-refractivity contribution in [1.29, 1.82) is 0 Å². The van der Waals surface area contributed by atoms with Gasteiger partial charge in [-0.1, -0.05) is 0 Å². The molecule has 1 atom stereocenters. The van der Waals surface area contributed by atoms with Crippen LogP contribution in [-0.2, 0) is 17.8 Å². The second-order valence-electron chi connectivity index (χ2n) is 7.17. The molecule has 0 aromatic carbocycles. The third-order valence-electron chi connectivity index (χ3n) is 5.23. The van der Waals surface area contributed by atoms with Crippen LogP contribution in [0.15, 0.2) is 12.4 Å². The Hall–Kier alpha value is -0.910. The normalized spacial score (nSPS) is 24.7. The Kier molecular flexibility index (Phi) is 5.16. The zero-order valence-electron chi connectivity index (χ0n) is 14.2. The van der Waals surface area contributed by atoms with Gasteiger partial charge in [0.05, 0.1) is 6.54 Å². The Morgan fingerprint density at radius 3 is 2.82 bits per heavy atom. The highest BCUT2D eigenvalue weighted by Crippen LogP contribution is 2.23. The highest BCUT2D eigenvalue weighted by atomic mass is 16.5. The lowest BCUT2D eigenvalue weighted by molar-refractivity contribution is 0.0237. The molecule has 3 heterocycles. The summed E-state index contributed by atoms with van der Waals surface area (Å²) >= 11 is 0. The zero-order chi connectivity index (χ0) is 15.5. The number of hydrogen-bond acceptors (Lipinski definition) is 4. The van der Waals surface area contributed by atoms with E-state index in [2.05, 4.69) is 46.4 Å². The SMILES string of the molecule is CC(C)N(C)CC1CN(C2CCOCC2)Cc2nccn2C1. The molecule has 0 saturated carbocycles. The van der Waals surface area contributed by atoms with E-state index >= 15 is 0 Å². The number of fused-ring (bicyclic) bond motifs is 1. The van der Waals surface area contributed by atoms with Gasteiger partial charge in [-0.3, -0.25) is 4.90 Å². The van der Waals surface area contributed by atoms with Gasteiger partial charge < -0.3 is 14.2 Å². The van der Waals surface area contributed by atoms with Gasteiger partial charge in [0.15, 0.2) is 0 Å². The molecule has 0 bridgehead atoms. The second kappa shape index (κ2) is 7.11. The van der Waals surface area contributed by atoms with Crippen molar-refractivity contribution in [3.63, 3.8) is 0 Å². The van der Waals surface area contributed by atoms with Crippen molar-refractivity contribution >= 4 is 0 Å². The molecule has 1 unspecified atom stereocenters. The van der Waals surface area contributed by atoms with Crippen molar-refractivity contribution in [3.05, 3.63) is 18.2 Å². The number of aromatic nitrogens is 2. The minimum Gasteiger partial charge on any atom is -0.381 e. The third kappa shape index (κ3) is 3.70. The van der Waals surface area contributed by atoms with Crippen molar-refractivity contribution < 1.29 is 4.74 Å². The van der Waals surface area contributed by atoms with Gasteiger partial charge in [0.2, 0.25) is 0 Å². The van der Waals surface area contributed by atoms with Crippen molar-refractivity contribution in [2.45, 2.75) is 51.9 Å². The standard InChI is InChI=1S/C17H30N4O/c1-14(2)19(3)10-15-11-20-7-6-18-17(20)13-21(12-15)16-4-8-22-9-5-16/h6-7,14-16H,4-5,8-13H2,1-3H3. The summed E-state index contributed by atoms with van der Waals surface area (Å²) in [6.45, 7) is 10.8. The van der Waals surface area contributed by atoms with Crippen molar-refractivity contribution in [3.8, 4) is 0 Å². The number of hydrogen-bond donors (Lipinski definition) is 0. The van der Waals surface area contributed by atoms with Gasteiger partial charge in [0.1, 0.15) is 5.82 Å². The van der Waals surface area contributed by atoms with E-state index in [4.69, 9.17) is 4.74 Å². The Bertz CT molecular complexity index is 467. The van der Waals surface area contributed by atoms with Crippen LogP contribution in [0.25, 0.3) is 0 Å². The van der Waals surface area contributed by atoms with Crippen LogP contribution in [0.3, 0.4) is 0 Å². The van der Waals surface area contributed by atoms with E-state index in [0.29, 0.717) is 18.0 Å². The van der Waals surface area contributed by atoms with Gasteiger partial charge in [0, 0.05) is 63.2 Å². The molecule has 0 N–H and O–H groups in total. The summed E-state index contributed by atoms with van der Waals surface area (Å²) in [5.41, 5.74) is 0. The topological polar surface area (TPSA) is 33.5 Å². The fourth-order valence-electron chi connectivity index (χ4n) is 3.63. The first kappa shape index (κ1) is 16.0. The lowest BCUT2D eigenvalue weighted by Gasteiger charge is -2.35. The van der Waals surface area contributed by atoms with Gasteiger partial charge in [-0.05, 0) is 33.7 Å². The first-order valence-electron chi connectivity index (χ1n) is 8.65. The van der Waals surface area contributed by atoms with Crippen molar-refractivity contribution in [1.82, 2.24) is 19.4 Å². The molecule has 1 aromatic heterocycles. The summed E-state index contributed by atoms with van der Waals surface area (Å²) in [4.78, 5) is 9.71. The summed E-state index contributed by atoms with van der Waals surface area (Å²) in [5.74, 6) is 1.88. The molecule has 0 amide bonds. The number of nitrogens with zero attached hydrogens (tertiary/aromatic N) is 4. The van der Waals surface area contributed by atoms with Gasteiger partial charge in [0.25, 0.3) is 0 Å². The predicted molar refractivity (Wildman–Crippen MR) is 87.7 cm³/mol. The van der Waals surface area contributed by atoms with E-state index in [1.807, 2.05) is 6.20 Å². The quantitative estimate of drug-likeness (QED) is 0.850. The van der Waals surface area contributed by atoms with E-state index in [-0.39, 0.29) is 0 Å². The molecule has 5 nitrogen and oxygen atoms in total.